The first-order valence-corrected chi connectivity index (χ1v) is 13.4. The molecule has 0 aromatic carbocycles. The van der Waals surface area contributed by atoms with E-state index in [1.807, 2.05) is 0 Å². The van der Waals surface area contributed by atoms with Gasteiger partial charge in [-0.3, -0.25) is 4.48 Å². The molecule has 0 aromatic heterocycles. The van der Waals surface area contributed by atoms with E-state index in [-0.39, 0.29) is 6.61 Å². The lowest BCUT2D eigenvalue weighted by molar-refractivity contribution is -0.936. The minimum atomic E-state index is 0.282. The Hall–Kier alpha value is -0.670. The van der Waals surface area contributed by atoms with Crippen LogP contribution in [0, 0.1) is 0 Å². The van der Waals surface area contributed by atoms with E-state index in [0.717, 1.165) is 24.1 Å². The lowest BCUT2D eigenvalue weighted by Crippen LogP contribution is -2.53. The van der Waals surface area contributed by atoms with Gasteiger partial charge >= 0.3 is 0 Å². The molecule has 30 heavy (non-hydrogen) atoms. The number of aliphatic hydroxyl groups excluding tert-OH is 1. The summed E-state index contributed by atoms with van der Waals surface area (Å²) in [5.41, 5.74) is 0. The maximum absolute atomic E-state index is 9.39. The smallest absolute Gasteiger partial charge is 0.182 e. The van der Waals surface area contributed by atoms with Gasteiger partial charge in [0.25, 0.3) is 0 Å². The molecule has 1 rings (SSSR count). The van der Waals surface area contributed by atoms with Crippen LogP contribution < -0.4 is 0 Å². The summed E-state index contributed by atoms with van der Waals surface area (Å²) in [6.45, 7) is 7.75. The Morgan fingerprint density at radius 1 is 0.800 bits per heavy atom. The molecule has 0 spiro atoms. The van der Waals surface area contributed by atoms with Crippen molar-refractivity contribution in [1.29, 1.82) is 0 Å². The lowest BCUT2D eigenvalue weighted by Gasteiger charge is -2.37. The first kappa shape index (κ1) is 27.4. The van der Waals surface area contributed by atoms with Gasteiger partial charge in [0, 0.05) is 6.42 Å². The van der Waals surface area contributed by atoms with Crippen LogP contribution in [0.15, 0.2) is 17.1 Å². The summed E-state index contributed by atoms with van der Waals surface area (Å²) in [5, 5.41) is 9.39. The number of likely N-dealkylation sites (N-methyl/N-ethyl adjacent to an activating group) is 1. The molecule has 0 bridgehead atoms. The molecule has 0 saturated heterocycles. The Morgan fingerprint density at radius 3 is 1.87 bits per heavy atom. The third-order valence-electron chi connectivity index (χ3n) is 7.00. The van der Waals surface area contributed by atoms with E-state index in [2.05, 4.69) is 32.2 Å². The summed E-state index contributed by atoms with van der Waals surface area (Å²) in [6, 6.07) is 0. The number of aliphatic imine (C=N–C) groups is 1. The summed E-state index contributed by atoms with van der Waals surface area (Å²) in [5.74, 6) is 0. The first-order chi connectivity index (χ1) is 14.8. The highest BCUT2D eigenvalue weighted by Crippen LogP contribution is 2.24. The maximum Gasteiger partial charge on any atom is 0.182 e. The number of hydrogen-bond acceptors (Lipinski definition) is 2. The van der Waals surface area contributed by atoms with Crippen LogP contribution in [0.3, 0.4) is 0 Å². The van der Waals surface area contributed by atoms with Gasteiger partial charge in [-0.15, -0.1) is 0 Å². The molecular formula is C27H53N2O+. The summed E-state index contributed by atoms with van der Waals surface area (Å²) in [4.78, 5) is 4.73. The third-order valence-corrected chi connectivity index (χ3v) is 7.00. The SMILES string of the molecule is CCCCC/C=C/CCCCCCCCCCCCCC1N=CC[N+]1(CC)CCO. The number of aliphatic hydroxyl groups is 1. The number of rotatable bonds is 21. The lowest BCUT2D eigenvalue weighted by atomic mass is 10.0. The van der Waals surface area contributed by atoms with E-state index in [1.54, 1.807) is 0 Å². The van der Waals surface area contributed by atoms with Crippen LogP contribution in [-0.4, -0.2) is 48.2 Å². The Kier molecular flexibility index (Phi) is 17.4. The zero-order chi connectivity index (χ0) is 21.8. The van der Waals surface area contributed by atoms with E-state index in [4.69, 9.17) is 4.99 Å². The number of nitrogens with zero attached hydrogens (tertiary/aromatic N) is 2. The van der Waals surface area contributed by atoms with Crippen molar-refractivity contribution < 1.29 is 9.59 Å². The second-order valence-electron chi connectivity index (χ2n) is 9.41. The minimum Gasteiger partial charge on any atom is -0.391 e. The second kappa shape index (κ2) is 19.0. The molecule has 1 N–H and O–H groups in total. The van der Waals surface area contributed by atoms with Crippen LogP contribution in [0.4, 0.5) is 0 Å². The molecular weight excluding hydrogens is 368 g/mol. The highest BCUT2D eigenvalue weighted by atomic mass is 16.3. The van der Waals surface area contributed by atoms with E-state index in [0.29, 0.717) is 6.17 Å². The third kappa shape index (κ3) is 12.2. The van der Waals surface area contributed by atoms with Crippen molar-refractivity contribution in [3.05, 3.63) is 12.2 Å². The van der Waals surface area contributed by atoms with Crippen molar-refractivity contribution in [2.75, 3.05) is 26.2 Å². The van der Waals surface area contributed by atoms with Crippen LogP contribution >= 0.6 is 0 Å². The molecule has 0 amide bonds. The number of quaternary nitrogens is 1. The molecule has 3 nitrogen and oxygen atoms in total. The fourth-order valence-corrected chi connectivity index (χ4v) is 4.81. The van der Waals surface area contributed by atoms with Crippen LogP contribution in [0.2, 0.25) is 0 Å². The average molecular weight is 422 g/mol. The highest BCUT2D eigenvalue weighted by Gasteiger charge is 2.36. The van der Waals surface area contributed by atoms with Gasteiger partial charge in [0.2, 0.25) is 0 Å². The summed E-state index contributed by atoms with van der Waals surface area (Å²) >= 11 is 0. The van der Waals surface area contributed by atoms with Gasteiger partial charge in [-0.1, -0.05) is 89.7 Å². The normalized spacial score (nSPS) is 21.2. The number of allylic oxidation sites excluding steroid dienone is 2. The quantitative estimate of drug-likeness (QED) is 0.117. The molecule has 2 unspecified atom stereocenters. The topological polar surface area (TPSA) is 32.6 Å². The molecule has 1 aliphatic rings. The predicted molar refractivity (Wildman–Crippen MR) is 133 cm³/mol. The fraction of sp³-hybridized carbons (Fsp3) is 0.889. The zero-order valence-corrected chi connectivity index (χ0v) is 20.5. The Morgan fingerprint density at radius 2 is 1.33 bits per heavy atom. The fourth-order valence-electron chi connectivity index (χ4n) is 4.81. The van der Waals surface area contributed by atoms with E-state index < -0.39 is 0 Å². The Balaban J connectivity index is 1.84. The highest BCUT2D eigenvalue weighted by molar-refractivity contribution is 5.60. The zero-order valence-electron chi connectivity index (χ0n) is 20.5. The molecule has 2 atom stereocenters. The van der Waals surface area contributed by atoms with Crippen LogP contribution in [0.1, 0.15) is 123 Å². The van der Waals surface area contributed by atoms with Crippen molar-refractivity contribution in [3.8, 4) is 0 Å². The van der Waals surface area contributed by atoms with Crippen LogP contribution in [0.5, 0.6) is 0 Å². The number of hydrogen-bond donors (Lipinski definition) is 1. The average Bonchev–Trinajstić information content (AvgIpc) is 3.16. The standard InChI is InChI=1S/C27H53N2O/c1-3-5-6-7-8-9-10-11-12-13-14-15-16-17-18-19-20-21-22-27-28-23-24-29(27,4-2)25-26-30/h8-9,23,27,30H,3-7,10-22,24-26H2,1-2H3/q+1/b9-8+. The summed E-state index contributed by atoms with van der Waals surface area (Å²) < 4.78 is 0.978. The molecule has 0 fully saturated rings. The van der Waals surface area contributed by atoms with E-state index >= 15 is 0 Å². The van der Waals surface area contributed by atoms with Gasteiger partial charge < -0.3 is 5.11 Å². The molecule has 3 heteroatoms. The molecule has 0 aromatic rings. The minimum absolute atomic E-state index is 0.282. The second-order valence-corrected chi connectivity index (χ2v) is 9.41. The predicted octanol–water partition coefficient (Wildman–Crippen LogP) is 7.43. The van der Waals surface area contributed by atoms with Gasteiger partial charge in [-0.05, 0) is 39.0 Å². The van der Waals surface area contributed by atoms with Gasteiger partial charge in [0.1, 0.15) is 13.1 Å². The van der Waals surface area contributed by atoms with Crippen LogP contribution in [-0.2, 0) is 0 Å². The van der Waals surface area contributed by atoms with E-state index in [9.17, 15) is 5.11 Å². The summed E-state index contributed by atoms with van der Waals surface area (Å²) in [7, 11) is 0. The molecule has 176 valence electrons. The van der Waals surface area contributed by atoms with Crippen molar-refractivity contribution in [1.82, 2.24) is 0 Å². The van der Waals surface area contributed by atoms with Crippen molar-refractivity contribution in [2.45, 2.75) is 129 Å². The summed E-state index contributed by atoms with van der Waals surface area (Å²) in [6.07, 6.45) is 30.5. The number of unbranched alkanes of at least 4 members (excludes halogenated alkanes) is 14. The monoisotopic (exact) mass is 421 g/mol. The van der Waals surface area contributed by atoms with Crippen molar-refractivity contribution in [3.63, 3.8) is 0 Å². The molecule has 1 heterocycles. The van der Waals surface area contributed by atoms with Gasteiger partial charge in [0.05, 0.1) is 19.4 Å². The van der Waals surface area contributed by atoms with E-state index in [1.165, 1.54) is 109 Å². The Labute approximate surface area is 188 Å². The van der Waals surface area contributed by atoms with Crippen molar-refractivity contribution in [2.24, 2.45) is 4.99 Å². The van der Waals surface area contributed by atoms with Gasteiger partial charge in [0.15, 0.2) is 6.17 Å². The largest absolute Gasteiger partial charge is 0.391 e. The van der Waals surface area contributed by atoms with Gasteiger partial charge in [-0.2, -0.15) is 0 Å². The van der Waals surface area contributed by atoms with Crippen molar-refractivity contribution >= 4 is 6.21 Å². The van der Waals surface area contributed by atoms with Gasteiger partial charge in [-0.25, -0.2) is 4.99 Å². The molecule has 0 aliphatic carbocycles. The first-order valence-electron chi connectivity index (χ1n) is 13.4. The molecule has 0 radical (unpaired) electrons. The van der Waals surface area contributed by atoms with Crippen LogP contribution in [0.25, 0.3) is 0 Å². The molecule has 1 aliphatic heterocycles. The molecule has 0 saturated carbocycles. The Bertz CT molecular complexity index is 435. The maximum atomic E-state index is 9.39.